The molecule has 1 heterocycles. The summed E-state index contributed by atoms with van der Waals surface area (Å²) in [4.78, 5) is 15.6. The summed E-state index contributed by atoms with van der Waals surface area (Å²) in [5, 5.41) is 15.3. The molecule has 0 saturated carbocycles. The first-order chi connectivity index (χ1) is 9.69. The maximum absolute atomic E-state index is 11.8. The van der Waals surface area contributed by atoms with Crippen LogP contribution in [0.3, 0.4) is 0 Å². The molecular formula is C14H14N4O2. The van der Waals surface area contributed by atoms with Gasteiger partial charge in [-0.1, -0.05) is 11.8 Å². The van der Waals surface area contributed by atoms with Gasteiger partial charge in [0.05, 0.1) is 0 Å². The van der Waals surface area contributed by atoms with E-state index < -0.39 is 0 Å². The van der Waals surface area contributed by atoms with Gasteiger partial charge in [0.25, 0.3) is 0 Å². The summed E-state index contributed by atoms with van der Waals surface area (Å²) in [7, 11) is 0. The van der Waals surface area contributed by atoms with Crippen molar-refractivity contribution in [2.45, 2.75) is 13.5 Å². The first-order valence-corrected chi connectivity index (χ1v) is 6.01. The molecule has 0 bridgehead atoms. The van der Waals surface area contributed by atoms with E-state index in [-0.39, 0.29) is 19.1 Å². The molecule has 0 fully saturated rings. The van der Waals surface area contributed by atoms with Crippen LogP contribution in [0.5, 0.6) is 0 Å². The average molecular weight is 270 g/mol. The Morgan fingerprint density at radius 2 is 2.35 bits per heavy atom. The molecule has 1 aromatic carbocycles. The Bertz CT molecular complexity index is 654. The Kier molecular flexibility index (Phi) is 4.47. The zero-order valence-electron chi connectivity index (χ0n) is 11.0. The lowest BCUT2D eigenvalue weighted by Crippen LogP contribution is -2.19. The lowest BCUT2D eigenvalue weighted by atomic mass is 10.1. The van der Waals surface area contributed by atoms with Crippen LogP contribution in [0.25, 0.3) is 0 Å². The van der Waals surface area contributed by atoms with Gasteiger partial charge < -0.3 is 10.4 Å². The molecular weight excluding hydrogens is 256 g/mol. The number of benzene rings is 1. The number of aliphatic hydroxyl groups excluding tert-OH is 1. The summed E-state index contributed by atoms with van der Waals surface area (Å²) in [6.07, 6.45) is 2.87. The van der Waals surface area contributed by atoms with E-state index in [9.17, 15) is 4.79 Å². The van der Waals surface area contributed by atoms with Gasteiger partial charge in [-0.15, -0.1) is 0 Å². The van der Waals surface area contributed by atoms with Crippen LogP contribution in [0, 0.1) is 18.8 Å². The van der Waals surface area contributed by atoms with Crippen molar-refractivity contribution in [2.75, 3.05) is 11.9 Å². The minimum atomic E-state index is -0.177. The summed E-state index contributed by atoms with van der Waals surface area (Å²) in [6.45, 7) is 1.84. The average Bonchev–Trinajstić information content (AvgIpc) is 2.90. The van der Waals surface area contributed by atoms with Crippen molar-refractivity contribution in [1.29, 1.82) is 0 Å². The molecule has 0 spiro atoms. The van der Waals surface area contributed by atoms with Gasteiger partial charge in [-0.2, -0.15) is 5.10 Å². The van der Waals surface area contributed by atoms with Crippen LogP contribution >= 0.6 is 0 Å². The van der Waals surface area contributed by atoms with Crippen molar-refractivity contribution in [2.24, 2.45) is 0 Å². The second-order valence-electron chi connectivity index (χ2n) is 4.13. The molecule has 0 unspecified atom stereocenters. The van der Waals surface area contributed by atoms with Crippen molar-refractivity contribution < 1.29 is 9.90 Å². The van der Waals surface area contributed by atoms with Crippen molar-refractivity contribution in [3.63, 3.8) is 0 Å². The molecule has 20 heavy (non-hydrogen) atoms. The van der Waals surface area contributed by atoms with Crippen LogP contribution in [0.15, 0.2) is 30.9 Å². The Labute approximate surface area is 116 Å². The third-order valence-corrected chi connectivity index (χ3v) is 2.58. The van der Waals surface area contributed by atoms with E-state index in [1.807, 2.05) is 19.1 Å². The molecule has 2 N–H and O–H groups in total. The number of rotatable bonds is 3. The molecule has 102 valence electrons. The standard InChI is InChI=1S/C14H14N4O2/c1-11-7-13(5-4-12(11)3-2-6-19)17-14(20)8-18-10-15-9-16-18/h4-5,7,9-10,19H,6,8H2,1H3,(H,17,20). The second-order valence-corrected chi connectivity index (χ2v) is 4.13. The normalized spacial score (nSPS) is 9.70. The fourth-order valence-electron chi connectivity index (χ4n) is 1.68. The SMILES string of the molecule is Cc1cc(NC(=O)Cn2cncn2)ccc1C#CCO. The molecule has 2 rings (SSSR count). The fourth-order valence-corrected chi connectivity index (χ4v) is 1.68. The Morgan fingerprint density at radius 3 is 3.00 bits per heavy atom. The van der Waals surface area contributed by atoms with E-state index in [2.05, 4.69) is 27.2 Å². The number of carbonyl (C=O) groups excluding carboxylic acids is 1. The third-order valence-electron chi connectivity index (χ3n) is 2.58. The molecule has 1 amide bonds. The lowest BCUT2D eigenvalue weighted by Gasteiger charge is -2.07. The highest BCUT2D eigenvalue weighted by Gasteiger charge is 2.05. The minimum Gasteiger partial charge on any atom is -0.384 e. The van der Waals surface area contributed by atoms with E-state index >= 15 is 0 Å². The van der Waals surface area contributed by atoms with Crippen LogP contribution < -0.4 is 5.32 Å². The van der Waals surface area contributed by atoms with Gasteiger partial charge in [-0.25, -0.2) is 9.67 Å². The number of amides is 1. The molecule has 0 atom stereocenters. The van der Waals surface area contributed by atoms with Gasteiger partial charge in [0.1, 0.15) is 25.8 Å². The highest BCUT2D eigenvalue weighted by atomic mass is 16.2. The maximum Gasteiger partial charge on any atom is 0.246 e. The van der Waals surface area contributed by atoms with Gasteiger partial charge in [-0.05, 0) is 30.7 Å². The zero-order chi connectivity index (χ0) is 14.4. The number of aromatic nitrogens is 3. The molecule has 0 aliphatic rings. The van der Waals surface area contributed by atoms with Crippen LogP contribution in [-0.4, -0.2) is 32.4 Å². The highest BCUT2D eigenvalue weighted by Crippen LogP contribution is 2.14. The molecule has 2 aromatic rings. The number of aliphatic hydroxyl groups is 1. The number of carbonyl (C=O) groups is 1. The second kappa shape index (κ2) is 6.50. The van der Waals surface area contributed by atoms with Crippen LogP contribution in [0.1, 0.15) is 11.1 Å². The third kappa shape index (κ3) is 3.67. The first-order valence-electron chi connectivity index (χ1n) is 6.01. The van der Waals surface area contributed by atoms with Crippen molar-refractivity contribution >= 4 is 11.6 Å². The topological polar surface area (TPSA) is 80.0 Å². The smallest absolute Gasteiger partial charge is 0.246 e. The molecule has 6 heteroatoms. The first kappa shape index (κ1) is 13.8. The molecule has 0 aliphatic heterocycles. The predicted octanol–water partition coefficient (Wildman–Crippen LogP) is 0.569. The van der Waals surface area contributed by atoms with Crippen molar-refractivity contribution in [3.05, 3.63) is 42.0 Å². The quantitative estimate of drug-likeness (QED) is 0.799. The summed E-state index contributed by atoms with van der Waals surface area (Å²) in [5.41, 5.74) is 2.46. The molecule has 1 aromatic heterocycles. The summed E-state index contributed by atoms with van der Waals surface area (Å²) in [5.74, 6) is 5.26. The van der Waals surface area contributed by atoms with Gasteiger partial charge in [-0.3, -0.25) is 4.79 Å². The largest absolute Gasteiger partial charge is 0.384 e. The van der Waals surface area contributed by atoms with Crippen LogP contribution in [0.2, 0.25) is 0 Å². The van der Waals surface area contributed by atoms with Crippen LogP contribution in [-0.2, 0) is 11.3 Å². The van der Waals surface area contributed by atoms with Crippen molar-refractivity contribution in [1.82, 2.24) is 14.8 Å². The summed E-state index contributed by atoms with van der Waals surface area (Å²) in [6, 6.07) is 5.41. The summed E-state index contributed by atoms with van der Waals surface area (Å²) >= 11 is 0. The van der Waals surface area contributed by atoms with Gasteiger partial charge >= 0.3 is 0 Å². The Hall–Kier alpha value is -2.65. The fraction of sp³-hybridized carbons (Fsp3) is 0.214. The Balaban J connectivity index is 2.03. The number of nitrogens with one attached hydrogen (secondary N) is 1. The highest BCUT2D eigenvalue weighted by molar-refractivity contribution is 5.90. The number of nitrogens with zero attached hydrogens (tertiary/aromatic N) is 3. The van der Waals surface area contributed by atoms with E-state index in [0.717, 1.165) is 11.1 Å². The lowest BCUT2D eigenvalue weighted by molar-refractivity contribution is -0.116. The molecule has 0 aliphatic carbocycles. The maximum atomic E-state index is 11.8. The van der Waals surface area contributed by atoms with E-state index in [1.54, 1.807) is 6.07 Å². The zero-order valence-corrected chi connectivity index (χ0v) is 11.0. The number of aryl methyl sites for hydroxylation is 1. The van der Waals surface area contributed by atoms with Gasteiger partial charge in [0.15, 0.2) is 0 Å². The molecule has 0 radical (unpaired) electrons. The van der Waals surface area contributed by atoms with Crippen molar-refractivity contribution in [3.8, 4) is 11.8 Å². The number of anilines is 1. The van der Waals surface area contributed by atoms with E-state index in [4.69, 9.17) is 5.11 Å². The molecule has 6 nitrogen and oxygen atoms in total. The molecule has 0 saturated heterocycles. The number of hydrogen-bond acceptors (Lipinski definition) is 4. The van der Waals surface area contributed by atoms with E-state index in [0.29, 0.717) is 5.69 Å². The van der Waals surface area contributed by atoms with E-state index in [1.165, 1.54) is 17.3 Å². The van der Waals surface area contributed by atoms with Gasteiger partial charge in [0, 0.05) is 11.3 Å². The predicted molar refractivity (Wildman–Crippen MR) is 73.8 cm³/mol. The van der Waals surface area contributed by atoms with Crippen LogP contribution in [0.4, 0.5) is 5.69 Å². The van der Waals surface area contributed by atoms with Gasteiger partial charge in [0.2, 0.25) is 5.91 Å². The monoisotopic (exact) mass is 270 g/mol. The minimum absolute atomic E-state index is 0.116. The Morgan fingerprint density at radius 1 is 1.50 bits per heavy atom. The summed E-state index contributed by atoms with van der Waals surface area (Å²) < 4.78 is 1.45. The number of hydrogen-bond donors (Lipinski definition) is 2.